The van der Waals surface area contributed by atoms with Gasteiger partial charge in [-0.3, -0.25) is 9.59 Å². The summed E-state index contributed by atoms with van der Waals surface area (Å²) in [5, 5.41) is 3.32. The SMILES string of the molecule is CN1CCc2c(sc(NC(=O)/C=C/c3ccc4c(c3)OCO4)c2C(N)=O)C1.Cl. The maximum Gasteiger partial charge on any atom is 0.251 e. The van der Waals surface area contributed by atoms with E-state index < -0.39 is 5.91 Å². The summed E-state index contributed by atoms with van der Waals surface area (Å²) in [6, 6.07) is 5.45. The molecule has 0 aliphatic carbocycles. The van der Waals surface area contributed by atoms with Crippen molar-refractivity contribution in [1.82, 2.24) is 4.90 Å². The minimum atomic E-state index is -0.507. The molecular weight excluding hydrogens is 402 g/mol. The van der Waals surface area contributed by atoms with Crippen LogP contribution in [0.4, 0.5) is 5.00 Å². The van der Waals surface area contributed by atoms with Crippen LogP contribution < -0.4 is 20.5 Å². The normalized spacial score (nSPS) is 15.2. The third kappa shape index (κ3) is 3.99. The monoisotopic (exact) mass is 421 g/mol. The molecule has 0 saturated carbocycles. The number of hydrogen-bond donors (Lipinski definition) is 2. The van der Waals surface area contributed by atoms with Gasteiger partial charge in [-0.1, -0.05) is 6.07 Å². The summed E-state index contributed by atoms with van der Waals surface area (Å²) in [6.07, 6.45) is 3.86. The average Bonchev–Trinajstić information content (AvgIpc) is 3.22. The molecule has 3 heterocycles. The van der Waals surface area contributed by atoms with Crippen molar-refractivity contribution in [2.45, 2.75) is 13.0 Å². The summed E-state index contributed by atoms with van der Waals surface area (Å²) >= 11 is 1.42. The van der Waals surface area contributed by atoms with Crippen LogP contribution in [-0.2, 0) is 17.8 Å². The predicted octanol–water partition coefficient (Wildman–Crippen LogP) is 2.64. The van der Waals surface area contributed by atoms with Crippen LogP contribution in [0.3, 0.4) is 0 Å². The number of carbonyl (C=O) groups is 2. The van der Waals surface area contributed by atoms with Crippen LogP contribution in [0, 0.1) is 0 Å². The molecule has 9 heteroatoms. The van der Waals surface area contributed by atoms with Crippen LogP contribution >= 0.6 is 23.7 Å². The molecule has 2 aliphatic heterocycles. The van der Waals surface area contributed by atoms with E-state index in [1.54, 1.807) is 18.2 Å². The number of hydrogen-bond acceptors (Lipinski definition) is 6. The molecule has 2 amide bonds. The van der Waals surface area contributed by atoms with Crippen molar-refractivity contribution in [1.29, 1.82) is 0 Å². The minimum absolute atomic E-state index is 0. The molecule has 1 aromatic carbocycles. The maximum atomic E-state index is 12.4. The third-order valence-electron chi connectivity index (χ3n) is 4.55. The average molecular weight is 422 g/mol. The van der Waals surface area contributed by atoms with Gasteiger partial charge in [-0.2, -0.15) is 0 Å². The Balaban J connectivity index is 0.00000225. The van der Waals surface area contributed by atoms with Crippen molar-refractivity contribution in [2.24, 2.45) is 5.73 Å². The number of primary amides is 1. The van der Waals surface area contributed by atoms with E-state index in [2.05, 4.69) is 10.2 Å². The van der Waals surface area contributed by atoms with Crippen molar-refractivity contribution in [3.8, 4) is 11.5 Å². The van der Waals surface area contributed by atoms with Crippen LogP contribution in [-0.4, -0.2) is 37.1 Å². The zero-order valence-corrected chi connectivity index (χ0v) is 16.8. The van der Waals surface area contributed by atoms with E-state index in [4.69, 9.17) is 15.2 Å². The Bertz CT molecular complexity index is 957. The molecule has 0 atom stereocenters. The maximum absolute atomic E-state index is 12.4. The lowest BCUT2D eigenvalue weighted by atomic mass is 10.0. The Kier molecular flexibility index (Phi) is 5.93. The number of carbonyl (C=O) groups excluding carboxylic acids is 2. The Morgan fingerprint density at radius 3 is 2.86 bits per heavy atom. The van der Waals surface area contributed by atoms with Gasteiger partial charge in [0, 0.05) is 24.0 Å². The fourth-order valence-corrected chi connectivity index (χ4v) is 4.56. The molecule has 0 radical (unpaired) electrons. The Morgan fingerprint density at radius 1 is 1.29 bits per heavy atom. The van der Waals surface area contributed by atoms with Crippen molar-refractivity contribution >= 4 is 46.6 Å². The van der Waals surface area contributed by atoms with Crippen molar-refractivity contribution in [3.05, 3.63) is 45.8 Å². The lowest BCUT2D eigenvalue weighted by molar-refractivity contribution is -0.111. The van der Waals surface area contributed by atoms with Gasteiger partial charge in [0.15, 0.2) is 11.5 Å². The Morgan fingerprint density at radius 2 is 2.07 bits per heavy atom. The summed E-state index contributed by atoms with van der Waals surface area (Å²) < 4.78 is 10.6. The van der Waals surface area contributed by atoms with Crippen LogP contribution in [0.15, 0.2) is 24.3 Å². The van der Waals surface area contributed by atoms with Gasteiger partial charge in [0.1, 0.15) is 5.00 Å². The van der Waals surface area contributed by atoms with Crippen molar-refractivity contribution in [3.63, 3.8) is 0 Å². The van der Waals surface area contributed by atoms with Gasteiger partial charge in [0.05, 0.1) is 5.56 Å². The minimum Gasteiger partial charge on any atom is -0.454 e. The van der Waals surface area contributed by atoms with E-state index in [0.717, 1.165) is 35.5 Å². The van der Waals surface area contributed by atoms with Crippen molar-refractivity contribution < 1.29 is 19.1 Å². The molecule has 2 aromatic rings. The molecule has 2 aliphatic rings. The first-order chi connectivity index (χ1) is 13.0. The quantitative estimate of drug-likeness (QED) is 0.740. The van der Waals surface area contributed by atoms with Gasteiger partial charge in [0.25, 0.3) is 5.91 Å². The fraction of sp³-hybridized carbons (Fsp3) is 0.263. The second-order valence-corrected chi connectivity index (χ2v) is 7.60. The molecule has 0 saturated heterocycles. The van der Waals surface area contributed by atoms with Gasteiger partial charge in [-0.05, 0) is 42.8 Å². The summed E-state index contributed by atoms with van der Waals surface area (Å²) in [5.41, 5.74) is 7.78. The smallest absolute Gasteiger partial charge is 0.251 e. The summed E-state index contributed by atoms with van der Waals surface area (Å²) in [7, 11) is 2.03. The highest BCUT2D eigenvalue weighted by atomic mass is 35.5. The van der Waals surface area contributed by atoms with Gasteiger partial charge < -0.3 is 25.4 Å². The summed E-state index contributed by atoms with van der Waals surface area (Å²) in [4.78, 5) is 27.5. The van der Waals surface area contributed by atoms with Crippen molar-refractivity contribution in [2.75, 3.05) is 25.7 Å². The van der Waals surface area contributed by atoms with Crippen LogP contribution in [0.2, 0.25) is 0 Å². The molecule has 0 unspecified atom stereocenters. The van der Waals surface area contributed by atoms with E-state index in [0.29, 0.717) is 22.1 Å². The number of halogens is 1. The second kappa shape index (κ2) is 8.22. The van der Waals surface area contributed by atoms with E-state index in [-0.39, 0.29) is 25.1 Å². The number of benzene rings is 1. The highest BCUT2D eigenvalue weighted by molar-refractivity contribution is 7.17. The zero-order chi connectivity index (χ0) is 19.0. The van der Waals surface area contributed by atoms with Crippen LogP contribution in [0.5, 0.6) is 11.5 Å². The molecule has 28 heavy (non-hydrogen) atoms. The molecule has 7 nitrogen and oxygen atoms in total. The standard InChI is InChI=1S/C19H19N3O4S.ClH/c1-22-7-6-12-15(9-22)27-19(17(12)18(20)24)21-16(23)5-3-11-2-4-13-14(8-11)26-10-25-13;/h2-5,8H,6-7,9-10H2,1H3,(H2,20,24)(H,21,23);1H/b5-3+;. The molecule has 4 rings (SSSR count). The van der Waals surface area contributed by atoms with Gasteiger partial charge in [-0.25, -0.2) is 0 Å². The van der Waals surface area contributed by atoms with Gasteiger partial charge >= 0.3 is 0 Å². The van der Waals surface area contributed by atoms with E-state index >= 15 is 0 Å². The number of fused-ring (bicyclic) bond motifs is 2. The summed E-state index contributed by atoms with van der Waals surface area (Å²) in [5.74, 6) is 0.523. The molecular formula is C19H20ClN3O4S. The first-order valence-corrected chi connectivity index (χ1v) is 9.34. The topological polar surface area (TPSA) is 93.9 Å². The zero-order valence-electron chi connectivity index (χ0n) is 15.2. The lowest BCUT2D eigenvalue weighted by Crippen LogP contribution is -2.27. The fourth-order valence-electron chi connectivity index (χ4n) is 3.22. The molecule has 0 fully saturated rings. The number of thiophene rings is 1. The largest absolute Gasteiger partial charge is 0.454 e. The molecule has 3 N–H and O–H groups in total. The Labute approximate surface area is 172 Å². The van der Waals surface area contributed by atoms with Gasteiger partial charge in [-0.15, -0.1) is 23.7 Å². The number of anilines is 1. The molecule has 0 spiro atoms. The first-order valence-electron chi connectivity index (χ1n) is 8.53. The first kappa shape index (κ1) is 20.2. The molecule has 0 bridgehead atoms. The number of likely N-dealkylation sites (N-methyl/N-ethyl adjacent to an activating group) is 1. The van der Waals surface area contributed by atoms with E-state index in [1.165, 1.54) is 17.4 Å². The van der Waals surface area contributed by atoms with E-state index in [9.17, 15) is 9.59 Å². The Hall–Kier alpha value is -2.55. The number of rotatable bonds is 4. The predicted molar refractivity (Wildman–Crippen MR) is 110 cm³/mol. The number of nitrogens with zero attached hydrogens (tertiary/aromatic N) is 1. The number of nitrogens with one attached hydrogen (secondary N) is 1. The molecule has 1 aromatic heterocycles. The van der Waals surface area contributed by atoms with E-state index in [1.807, 2.05) is 13.1 Å². The molecule has 148 valence electrons. The second-order valence-electron chi connectivity index (χ2n) is 6.50. The number of amides is 2. The highest BCUT2D eigenvalue weighted by Gasteiger charge is 2.26. The number of nitrogens with two attached hydrogens (primary N) is 1. The number of ether oxygens (including phenoxy) is 2. The lowest BCUT2D eigenvalue weighted by Gasteiger charge is -2.22. The third-order valence-corrected chi connectivity index (χ3v) is 5.69. The summed E-state index contributed by atoms with van der Waals surface area (Å²) in [6.45, 7) is 1.82. The highest BCUT2D eigenvalue weighted by Crippen LogP contribution is 2.37. The van der Waals surface area contributed by atoms with Gasteiger partial charge in [0.2, 0.25) is 12.7 Å². The van der Waals surface area contributed by atoms with Crippen LogP contribution in [0.25, 0.3) is 6.08 Å². The van der Waals surface area contributed by atoms with Crippen LogP contribution in [0.1, 0.15) is 26.4 Å².